The number of piperidine rings is 3. The SMILES string of the molecule is COc1ccc(C=N[C@@H]2C3CCN(CC3)[C@@H]2C(c2ccccc2)c2ccccc2)cc1. The summed E-state index contributed by atoms with van der Waals surface area (Å²) < 4.78 is 5.30. The molecule has 6 rings (SSSR count). The quantitative estimate of drug-likeness (QED) is 0.508. The largest absolute Gasteiger partial charge is 0.497 e. The summed E-state index contributed by atoms with van der Waals surface area (Å²) in [5.41, 5.74) is 3.90. The standard InChI is InChI=1S/C28H30N2O/c1-31-25-14-12-21(13-15-25)20-29-27-24-16-18-30(19-17-24)28(27)26(22-8-4-2-5-9-22)23-10-6-3-7-11-23/h2-15,20,24,26-28H,16-19H2,1H3/t27-,28-/m1/s1. The Kier molecular flexibility index (Phi) is 5.86. The Labute approximate surface area is 185 Å². The highest BCUT2D eigenvalue weighted by molar-refractivity contribution is 5.80. The number of rotatable bonds is 6. The van der Waals surface area contributed by atoms with Gasteiger partial charge in [-0.15, -0.1) is 0 Å². The second kappa shape index (κ2) is 9.07. The molecule has 0 radical (unpaired) electrons. The van der Waals surface area contributed by atoms with Crippen molar-refractivity contribution in [1.82, 2.24) is 4.90 Å². The molecule has 0 aliphatic carbocycles. The molecule has 3 aliphatic rings. The van der Waals surface area contributed by atoms with Crippen molar-refractivity contribution in [3.05, 3.63) is 102 Å². The van der Waals surface area contributed by atoms with E-state index in [1.165, 1.54) is 37.1 Å². The fraction of sp³-hybridized carbons (Fsp3) is 0.321. The summed E-state index contributed by atoms with van der Waals surface area (Å²) >= 11 is 0. The van der Waals surface area contributed by atoms with Gasteiger partial charge < -0.3 is 4.74 Å². The van der Waals surface area contributed by atoms with Crippen molar-refractivity contribution in [3.8, 4) is 5.75 Å². The van der Waals surface area contributed by atoms with Crippen molar-refractivity contribution in [2.24, 2.45) is 10.9 Å². The summed E-state index contributed by atoms with van der Waals surface area (Å²) in [6.07, 6.45) is 4.57. The highest BCUT2D eigenvalue weighted by Gasteiger charge is 2.46. The minimum atomic E-state index is 0.301. The Morgan fingerprint density at radius 2 is 1.42 bits per heavy atom. The predicted molar refractivity (Wildman–Crippen MR) is 127 cm³/mol. The van der Waals surface area contributed by atoms with Crippen LogP contribution in [0.3, 0.4) is 0 Å². The van der Waals surface area contributed by atoms with E-state index in [-0.39, 0.29) is 0 Å². The van der Waals surface area contributed by atoms with Crippen LogP contribution in [-0.4, -0.2) is 43.4 Å². The van der Waals surface area contributed by atoms with Crippen molar-refractivity contribution < 1.29 is 4.74 Å². The van der Waals surface area contributed by atoms with Gasteiger partial charge in [0.25, 0.3) is 0 Å². The molecule has 3 aromatic carbocycles. The molecule has 158 valence electrons. The smallest absolute Gasteiger partial charge is 0.118 e. The van der Waals surface area contributed by atoms with Crippen LogP contribution in [0.5, 0.6) is 5.75 Å². The maximum Gasteiger partial charge on any atom is 0.118 e. The number of fused-ring (bicyclic) bond motifs is 3. The molecule has 0 unspecified atom stereocenters. The number of hydrogen-bond acceptors (Lipinski definition) is 3. The second-order valence-corrected chi connectivity index (χ2v) is 8.70. The highest BCUT2D eigenvalue weighted by atomic mass is 16.5. The van der Waals surface area contributed by atoms with Gasteiger partial charge in [0.05, 0.1) is 13.2 Å². The van der Waals surface area contributed by atoms with Crippen molar-refractivity contribution in [2.75, 3.05) is 20.2 Å². The first kappa shape index (κ1) is 20.0. The molecule has 3 saturated heterocycles. The zero-order chi connectivity index (χ0) is 21.0. The van der Waals surface area contributed by atoms with Gasteiger partial charge in [0.2, 0.25) is 0 Å². The zero-order valence-corrected chi connectivity index (χ0v) is 18.1. The maximum absolute atomic E-state index is 5.30. The Morgan fingerprint density at radius 1 is 0.839 bits per heavy atom. The van der Waals surface area contributed by atoms with E-state index < -0.39 is 0 Å². The van der Waals surface area contributed by atoms with Crippen LogP contribution in [0.15, 0.2) is 89.9 Å². The van der Waals surface area contributed by atoms with Crippen LogP contribution in [0.4, 0.5) is 0 Å². The molecule has 0 saturated carbocycles. The van der Waals surface area contributed by atoms with Crippen LogP contribution in [0.25, 0.3) is 0 Å². The number of benzene rings is 3. The summed E-state index contributed by atoms with van der Waals surface area (Å²) in [4.78, 5) is 7.93. The average Bonchev–Trinajstić information content (AvgIpc) is 2.86. The van der Waals surface area contributed by atoms with Gasteiger partial charge in [-0.3, -0.25) is 9.89 Å². The van der Waals surface area contributed by atoms with Crippen LogP contribution in [-0.2, 0) is 0 Å². The van der Waals surface area contributed by atoms with Gasteiger partial charge in [0, 0.05) is 18.2 Å². The van der Waals surface area contributed by atoms with E-state index in [4.69, 9.17) is 9.73 Å². The fourth-order valence-corrected chi connectivity index (χ4v) is 5.44. The lowest BCUT2D eigenvalue weighted by molar-refractivity contribution is 0.0215. The van der Waals surface area contributed by atoms with Crippen molar-refractivity contribution in [1.29, 1.82) is 0 Å². The normalized spacial score (nSPS) is 25.2. The number of aliphatic imine (C=N–C) groups is 1. The van der Waals surface area contributed by atoms with Gasteiger partial charge >= 0.3 is 0 Å². The molecule has 3 fully saturated rings. The van der Waals surface area contributed by atoms with E-state index in [1.807, 2.05) is 12.1 Å². The molecule has 31 heavy (non-hydrogen) atoms. The monoisotopic (exact) mass is 410 g/mol. The summed E-state index contributed by atoms with van der Waals surface area (Å²) in [6, 6.07) is 30.9. The number of methoxy groups -OCH3 is 1. The molecule has 3 heterocycles. The zero-order valence-electron chi connectivity index (χ0n) is 18.1. The molecule has 3 nitrogen and oxygen atoms in total. The Balaban J connectivity index is 1.52. The van der Waals surface area contributed by atoms with Gasteiger partial charge in [-0.1, -0.05) is 60.7 Å². The van der Waals surface area contributed by atoms with Gasteiger partial charge in [-0.2, -0.15) is 0 Å². The minimum Gasteiger partial charge on any atom is -0.497 e. The number of hydrogen-bond donors (Lipinski definition) is 0. The molecule has 0 spiro atoms. The van der Waals surface area contributed by atoms with Crippen molar-refractivity contribution in [3.63, 3.8) is 0 Å². The maximum atomic E-state index is 5.30. The van der Waals surface area contributed by atoms with E-state index in [1.54, 1.807) is 7.11 Å². The lowest BCUT2D eigenvalue weighted by Crippen LogP contribution is -2.59. The third kappa shape index (κ3) is 4.15. The van der Waals surface area contributed by atoms with Gasteiger partial charge in [0.15, 0.2) is 0 Å². The lowest BCUT2D eigenvalue weighted by atomic mass is 9.71. The highest BCUT2D eigenvalue weighted by Crippen LogP contribution is 2.43. The van der Waals surface area contributed by atoms with Crippen molar-refractivity contribution >= 4 is 6.21 Å². The summed E-state index contributed by atoms with van der Waals surface area (Å²) in [5, 5.41) is 0. The predicted octanol–water partition coefficient (Wildman–Crippen LogP) is 5.41. The Morgan fingerprint density at radius 3 is 1.97 bits per heavy atom. The first-order valence-electron chi connectivity index (χ1n) is 11.3. The molecular formula is C28H30N2O. The Bertz CT molecular complexity index is 953. The molecule has 0 aromatic heterocycles. The molecule has 0 N–H and O–H groups in total. The van der Waals surface area contributed by atoms with Gasteiger partial charge in [-0.05, 0) is 72.8 Å². The summed E-state index contributed by atoms with van der Waals surface area (Å²) in [7, 11) is 1.70. The average molecular weight is 411 g/mol. The van der Waals surface area contributed by atoms with Crippen LogP contribution < -0.4 is 4.74 Å². The van der Waals surface area contributed by atoms with Gasteiger partial charge in [-0.25, -0.2) is 0 Å². The summed E-state index contributed by atoms with van der Waals surface area (Å²) in [5.74, 6) is 1.86. The molecule has 0 amide bonds. The lowest BCUT2D eigenvalue weighted by Gasteiger charge is -2.52. The van der Waals surface area contributed by atoms with E-state index in [0.29, 0.717) is 23.9 Å². The third-order valence-corrected chi connectivity index (χ3v) is 7.00. The third-order valence-electron chi connectivity index (χ3n) is 7.00. The van der Waals surface area contributed by atoms with Crippen LogP contribution in [0, 0.1) is 5.92 Å². The number of ether oxygens (including phenoxy) is 1. The molecule has 3 heteroatoms. The van der Waals surface area contributed by atoms with E-state index in [0.717, 1.165) is 11.3 Å². The second-order valence-electron chi connectivity index (χ2n) is 8.70. The van der Waals surface area contributed by atoms with Crippen molar-refractivity contribution in [2.45, 2.75) is 30.8 Å². The minimum absolute atomic E-state index is 0.301. The molecular weight excluding hydrogens is 380 g/mol. The van der Waals surface area contributed by atoms with E-state index in [2.05, 4.69) is 83.9 Å². The van der Waals surface area contributed by atoms with Crippen LogP contribution in [0.1, 0.15) is 35.4 Å². The molecule has 2 atom stereocenters. The molecule has 2 bridgehead atoms. The first-order chi connectivity index (χ1) is 15.3. The molecule has 3 aromatic rings. The number of nitrogens with zero attached hydrogens (tertiary/aromatic N) is 2. The molecule has 3 aliphatic heterocycles. The summed E-state index contributed by atoms with van der Waals surface area (Å²) in [6.45, 7) is 2.36. The topological polar surface area (TPSA) is 24.8 Å². The van der Waals surface area contributed by atoms with Crippen LogP contribution >= 0.6 is 0 Å². The Hall–Kier alpha value is -2.91. The van der Waals surface area contributed by atoms with E-state index >= 15 is 0 Å². The van der Waals surface area contributed by atoms with Gasteiger partial charge in [0.1, 0.15) is 5.75 Å². The fourth-order valence-electron chi connectivity index (χ4n) is 5.44. The first-order valence-corrected chi connectivity index (χ1v) is 11.3. The van der Waals surface area contributed by atoms with E-state index in [9.17, 15) is 0 Å². The van der Waals surface area contributed by atoms with Crippen LogP contribution in [0.2, 0.25) is 0 Å².